The second-order valence-corrected chi connectivity index (χ2v) is 5.98. The fourth-order valence-electron chi connectivity index (χ4n) is 2.82. The molecule has 2 aliphatic rings. The maximum atomic E-state index is 6.69. The van der Waals surface area contributed by atoms with Crippen LogP contribution in [0.25, 0.3) is 0 Å². The molecule has 0 aliphatic carbocycles. The Morgan fingerprint density at radius 2 is 2.00 bits per heavy atom. The van der Waals surface area contributed by atoms with Gasteiger partial charge in [-0.25, -0.2) is 0 Å². The van der Waals surface area contributed by atoms with Gasteiger partial charge in [-0.1, -0.05) is 0 Å². The number of alkyl halides is 2. The minimum atomic E-state index is -0.119. The Labute approximate surface area is 96.1 Å². The Balaban J connectivity index is 2.09. The number of hydrogen-bond donors (Lipinski definition) is 0. The molecule has 0 spiro atoms. The summed E-state index contributed by atoms with van der Waals surface area (Å²) in [6.45, 7) is 2.09. The first kappa shape index (κ1) is 11.0. The van der Waals surface area contributed by atoms with Crippen LogP contribution in [-0.2, 0) is 0 Å². The molecule has 0 aromatic carbocycles. The van der Waals surface area contributed by atoms with Gasteiger partial charge in [0, 0.05) is 12.6 Å². The van der Waals surface area contributed by atoms with E-state index in [0.29, 0.717) is 6.04 Å². The van der Waals surface area contributed by atoms with Crippen molar-refractivity contribution in [2.24, 2.45) is 0 Å². The molecule has 4 heteroatoms. The summed E-state index contributed by atoms with van der Waals surface area (Å²) < 4.78 is 0. The molecule has 0 bridgehead atoms. The summed E-state index contributed by atoms with van der Waals surface area (Å²) in [5, 5.41) is 0. The normalized spacial score (nSPS) is 46.3. The highest BCUT2D eigenvalue weighted by Crippen LogP contribution is 2.41. The largest absolute Gasteiger partial charge is 0.302 e. The summed E-state index contributed by atoms with van der Waals surface area (Å²) in [7, 11) is 4.22. The van der Waals surface area contributed by atoms with Gasteiger partial charge in [0.25, 0.3) is 0 Å². The zero-order chi connectivity index (χ0) is 10.3. The van der Waals surface area contributed by atoms with E-state index in [9.17, 15) is 0 Å². The molecule has 2 saturated heterocycles. The summed E-state index contributed by atoms with van der Waals surface area (Å²) in [4.78, 5) is 4.42. The van der Waals surface area contributed by atoms with E-state index >= 15 is 0 Å². The van der Waals surface area contributed by atoms with Crippen molar-refractivity contribution >= 4 is 23.2 Å². The maximum Gasteiger partial charge on any atom is 0.0866 e. The van der Waals surface area contributed by atoms with Crippen LogP contribution in [0, 0.1) is 0 Å². The number of hydrogen-bond acceptors (Lipinski definition) is 2. The van der Waals surface area contributed by atoms with Crippen molar-refractivity contribution in [3.05, 3.63) is 0 Å². The van der Waals surface area contributed by atoms with E-state index in [0.717, 1.165) is 13.0 Å². The van der Waals surface area contributed by atoms with Gasteiger partial charge in [0.2, 0.25) is 0 Å². The van der Waals surface area contributed by atoms with Crippen molar-refractivity contribution in [2.45, 2.75) is 35.7 Å². The lowest BCUT2D eigenvalue weighted by Crippen LogP contribution is -2.45. The van der Waals surface area contributed by atoms with Gasteiger partial charge in [-0.2, -0.15) is 0 Å². The first-order chi connectivity index (χ1) is 6.53. The minimum Gasteiger partial charge on any atom is -0.302 e. The lowest BCUT2D eigenvalue weighted by molar-refractivity contribution is 0.244. The van der Waals surface area contributed by atoms with Crippen molar-refractivity contribution in [1.82, 2.24) is 9.80 Å². The van der Waals surface area contributed by atoms with Crippen molar-refractivity contribution in [3.63, 3.8) is 0 Å². The van der Waals surface area contributed by atoms with Crippen molar-refractivity contribution in [1.29, 1.82) is 0 Å². The molecule has 2 heterocycles. The van der Waals surface area contributed by atoms with Gasteiger partial charge in [0.15, 0.2) is 0 Å². The summed E-state index contributed by atoms with van der Waals surface area (Å²) in [5.41, 5.74) is 0.112. The topological polar surface area (TPSA) is 6.48 Å². The van der Waals surface area contributed by atoms with Crippen LogP contribution in [0.3, 0.4) is 0 Å². The molecule has 14 heavy (non-hydrogen) atoms. The van der Waals surface area contributed by atoms with Gasteiger partial charge >= 0.3 is 0 Å². The van der Waals surface area contributed by atoms with E-state index in [-0.39, 0.29) is 10.4 Å². The SMILES string of the molecule is CN1CCCC1[C@@]1(Cl)C[C@@H](Cl)N(C)C1. The van der Waals surface area contributed by atoms with Gasteiger partial charge in [0.05, 0.1) is 10.4 Å². The molecule has 0 radical (unpaired) electrons. The van der Waals surface area contributed by atoms with E-state index in [1.54, 1.807) is 0 Å². The molecule has 0 aromatic rings. The molecule has 82 valence electrons. The van der Waals surface area contributed by atoms with Crippen LogP contribution < -0.4 is 0 Å². The molecular formula is C10H18Cl2N2. The molecule has 1 unspecified atom stereocenters. The monoisotopic (exact) mass is 236 g/mol. The standard InChI is InChI=1S/C10H18Cl2N2/c1-13-5-3-4-8(13)10(12)6-9(11)14(2)7-10/h8-9H,3-7H2,1-2H3/t8?,9-,10+/m0/s1. The molecule has 3 atom stereocenters. The van der Waals surface area contributed by atoms with E-state index in [4.69, 9.17) is 23.2 Å². The third kappa shape index (κ3) is 1.78. The molecule has 0 amide bonds. The summed E-state index contributed by atoms with van der Waals surface area (Å²) in [6, 6.07) is 0.510. The van der Waals surface area contributed by atoms with Crippen LogP contribution in [-0.4, -0.2) is 53.4 Å². The highest BCUT2D eigenvalue weighted by molar-refractivity contribution is 6.27. The number of halogens is 2. The Morgan fingerprint density at radius 1 is 1.29 bits per heavy atom. The molecule has 0 N–H and O–H groups in total. The maximum absolute atomic E-state index is 6.69. The predicted molar refractivity (Wildman–Crippen MR) is 61.1 cm³/mol. The lowest BCUT2D eigenvalue weighted by atomic mass is 9.96. The Morgan fingerprint density at radius 3 is 2.43 bits per heavy atom. The van der Waals surface area contributed by atoms with Crippen molar-refractivity contribution in [2.75, 3.05) is 27.2 Å². The quantitative estimate of drug-likeness (QED) is 0.508. The van der Waals surface area contributed by atoms with Crippen LogP contribution in [0.5, 0.6) is 0 Å². The van der Waals surface area contributed by atoms with Gasteiger partial charge in [-0.05, 0) is 39.9 Å². The van der Waals surface area contributed by atoms with Crippen LogP contribution in [0.15, 0.2) is 0 Å². The molecule has 2 aliphatic heterocycles. The molecule has 0 saturated carbocycles. The van der Waals surface area contributed by atoms with Crippen LogP contribution in [0.4, 0.5) is 0 Å². The minimum absolute atomic E-state index is 0.112. The zero-order valence-electron chi connectivity index (χ0n) is 8.84. The van der Waals surface area contributed by atoms with Gasteiger partial charge in [0.1, 0.15) is 0 Å². The lowest BCUT2D eigenvalue weighted by Gasteiger charge is -2.33. The first-order valence-corrected chi connectivity index (χ1v) is 6.08. The fourth-order valence-corrected chi connectivity index (χ4v) is 3.85. The van der Waals surface area contributed by atoms with Gasteiger partial charge < -0.3 is 4.90 Å². The van der Waals surface area contributed by atoms with Crippen LogP contribution in [0.1, 0.15) is 19.3 Å². The van der Waals surface area contributed by atoms with Gasteiger partial charge in [-0.3, -0.25) is 4.90 Å². The Hall–Kier alpha value is 0.500. The number of nitrogens with zero attached hydrogens (tertiary/aromatic N) is 2. The molecule has 0 aromatic heterocycles. The second-order valence-electron chi connectivity index (χ2n) is 4.73. The summed E-state index contributed by atoms with van der Waals surface area (Å²) >= 11 is 12.9. The smallest absolute Gasteiger partial charge is 0.0866 e. The Bertz CT molecular complexity index is 212. The number of rotatable bonds is 1. The highest BCUT2D eigenvalue weighted by atomic mass is 35.5. The molecule has 2 fully saturated rings. The second kappa shape index (κ2) is 3.82. The number of likely N-dealkylation sites (tertiary alicyclic amines) is 2. The van der Waals surface area contributed by atoms with Crippen molar-refractivity contribution in [3.8, 4) is 0 Å². The van der Waals surface area contributed by atoms with E-state index in [1.807, 2.05) is 0 Å². The van der Waals surface area contributed by atoms with Crippen molar-refractivity contribution < 1.29 is 0 Å². The summed E-state index contributed by atoms with van der Waals surface area (Å²) in [5.74, 6) is 0. The average molecular weight is 237 g/mol. The van der Waals surface area contributed by atoms with E-state index in [2.05, 4.69) is 23.9 Å². The molecule has 2 rings (SSSR count). The third-order valence-corrected chi connectivity index (χ3v) is 4.63. The third-order valence-electron chi connectivity index (χ3n) is 3.62. The predicted octanol–water partition coefficient (Wildman–Crippen LogP) is 1.96. The molecule has 2 nitrogen and oxygen atoms in total. The van der Waals surface area contributed by atoms with E-state index < -0.39 is 0 Å². The fraction of sp³-hybridized carbons (Fsp3) is 1.00. The molecular weight excluding hydrogens is 219 g/mol. The highest BCUT2D eigenvalue weighted by Gasteiger charge is 2.48. The average Bonchev–Trinajstić information content (AvgIpc) is 2.59. The zero-order valence-corrected chi connectivity index (χ0v) is 10.4. The summed E-state index contributed by atoms with van der Waals surface area (Å²) in [6.07, 6.45) is 3.39. The van der Waals surface area contributed by atoms with E-state index in [1.165, 1.54) is 19.4 Å². The Kier molecular flexibility index (Phi) is 3.00. The van der Waals surface area contributed by atoms with Crippen LogP contribution in [0.2, 0.25) is 0 Å². The van der Waals surface area contributed by atoms with Gasteiger partial charge in [-0.15, -0.1) is 23.2 Å². The van der Waals surface area contributed by atoms with Crippen LogP contribution >= 0.6 is 23.2 Å². The first-order valence-electron chi connectivity index (χ1n) is 5.26.